The van der Waals surface area contributed by atoms with Crippen LogP contribution in [0.3, 0.4) is 0 Å². The lowest BCUT2D eigenvalue weighted by Gasteiger charge is -2.25. The Morgan fingerprint density at radius 2 is 1.29 bits per heavy atom. The van der Waals surface area contributed by atoms with E-state index in [9.17, 15) is 0 Å². The third-order valence-electron chi connectivity index (χ3n) is 6.40. The summed E-state index contributed by atoms with van der Waals surface area (Å²) in [5.74, 6) is 1.16. The van der Waals surface area contributed by atoms with Gasteiger partial charge in [-0.15, -0.1) is 0 Å². The molecule has 2 nitrogen and oxygen atoms in total. The normalized spacial score (nSPS) is 21.5. The van der Waals surface area contributed by atoms with E-state index in [4.69, 9.17) is 21.6 Å². The molecule has 1 heterocycles. The van der Waals surface area contributed by atoms with Crippen LogP contribution in [0, 0.1) is 5.92 Å². The van der Waals surface area contributed by atoms with Crippen molar-refractivity contribution < 1.29 is 0 Å². The minimum Gasteiger partial charge on any atom is -0.258 e. The molecule has 3 heteroatoms. The van der Waals surface area contributed by atoms with Crippen LogP contribution >= 0.6 is 11.6 Å². The molecule has 0 saturated heterocycles. The second kappa shape index (κ2) is 10.2. The van der Waals surface area contributed by atoms with Crippen LogP contribution in [0.2, 0.25) is 5.02 Å². The van der Waals surface area contributed by atoms with Crippen molar-refractivity contribution in [1.82, 2.24) is 0 Å². The van der Waals surface area contributed by atoms with Crippen molar-refractivity contribution >= 4 is 23.1 Å². The topological polar surface area (TPSA) is 24.7 Å². The molecule has 0 aromatic heterocycles. The number of rotatable bonds is 4. The van der Waals surface area contributed by atoms with Crippen molar-refractivity contribution in [3.05, 3.63) is 131 Å². The molecule has 0 fully saturated rings. The molecule has 0 amide bonds. The molecule has 34 heavy (non-hydrogen) atoms. The van der Waals surface area contributed by atoms with Crippen LogP contribution in [0.1, 0.15) is 42.5 Å². The van der Waals surface area contributed by atoms with Crippen molar-refractivity contribution in [1.29, 1.82) is 0 Å². The summed E-state index contributed by atoms with van der Waals surface area (Å²) in [6.07, 6.45) is 1.94. The van der Waals surface area contributed by atoms with Crippen LogP contribution < -0.4 is 0 Å². The fourth-order valence-electron chi connectivity index (χ4n) is 4.53. The largest absolute Gasteiger partial charge is 0.258 e. The van der Waals surface area contributed by atoms with Crippen LogP contribution in [0.15, 0.2) is 119 Å². The molecular formula is C31H27ClN2. The zero-order valence-corrected chi connectivity index (χ0v) is 20.0. The maximum atomic E-state index is 6.26. The van der Waals surface area contributed by atoms with E-state index >= 15 is 0 Å². The second-order valence-electron chi connectivity index (χ2n) is 8.84. The van der Waals surface area contributed by atoms with E-state index in [1.54, 1.807) is 0 Å². The van der Waals surface area contributed by atoms with Gasteiger partial charge in [-0.25, -0.2) is 4.99 Å². The second-order valence-corrected chi connectivity index (χ2v) is 9.28. The predicted molar refractivity (Wildman–Crippen MR) is 144 cm³/mol. The highest BCUT2D eigenvalue weighted by Gasteiger charge is 2.24. The number of benzene rings is 4. The molecule has 2 atom stereocenters. The minimum absolute atomic E-state index is 0.0235. The predicted octanol–water partition coefficient (Wildman–Crippen LogP) is 8.41. The summed E-state index contributed by atoms with van der Waals surface area (Å²) in [7, 11) is 0. The Morgan fingerprint density at radius 1 is 0.676 bits per heavy atom. The van der Waals surface area contributed by atoms with Gasteiger partial charge in [-0.05, 0) is 59.2 Å². The summed E-state index contributed by atoms with van der Waals surface area (Å²) >= 11 is 6.26. The lowest BCUT2D eigenvalue weighted by Crippen LogP contribution is -2.18. The van der Waals surface area contributed by atoms with Crippen LogP contribution in [-0.2, 0) is 0 Å². The quantitative estimate of drug-likeness (QED) is 0.291. The van der Waals surface area contributed by atoms with Gasteiger partial charge in [0, 0.05) is 10.6 Å². The maximum absolute atomic E-state index is 6.26. The number of nitrogens with zero attached hydrogens (tertiary/aromatic N) is 2. The molecule has 2 unspecified atom stereocenters. The highest BCUT2D eigenvalue weighted by Crippen LogP contribution is 2.35. The first-order valence-corrected chi connectivity index (χ1v) is 12.2. The summed E-state index contributed by atoms with van der Waals surface area (Å²) in [4.78, 5) is 10.4. The molecule has 0 spiro atoms. The summed E-state index contributed by atoms with van der Waals surface area (Å²) in [6.45, 7) is 2.30. The average Bonchev–Trinajstić information content (AvgIpc) is 2.88. The Bertz CT molecular complexity index is 1330. The number of amidine groups is 1. The van der Waals surface area contributed by atoms with Gasteiger partial charge in [0.1, 0.15) is 0 Å². The first-order valence-electron chi connectivity index (χ1n) is 11.8. The molecule has 4 aromatic carbocycles. The summed E-state index contributed by atoms with van der Waals surface area (Å²) < 4.78 is 0. The Morgan fingerprint density at radius 3 is 2.00 bits per heavy atom. The Hall–Kier alpha value is -3.49. The fourth-order valence-corrected chi connectivity index (χ4v) is 4.72. The fraction of sp³-hybridized carbons (Fsp3) is 0.161. The molecule has 0 N–H and O–H groups in total. The monoisotopic (exact) mass is 462 g/mol. The van der Waals surface area contributed by atoms with Gasteiger partial charge in [0.05, 0.1) is 11.8 Å². The van der Waals surface area contributed by atoms with Crippen LogP contribution in [0.5, 0.6) is 0 Å². The van der Waals surface area contributed by atoms with Gasteiger partial charge in [-0.1, -0.05) is 110 Å². The van der Waals surface area contributed by atoms with Crippen molar-refractivity contribution in [2.75, 3.05) is 0 Å². The van der Waals surface area contributed by atoms with Gasteiger partial charge in [-0.2, -0.15) is 0 Å². The van der Waals surface area contributed by atoms with Crippen LogP contribution in [-0.4, -0.2) is 11.5 Å². The molecule has 5 rings (SSSR count). The van der Waals surface area contributed by atoms with Gasteiger partial charge >= 0.3 is 0 Å². The Balaban J connectivity index is 1.60. The minimum atomic E-state index is 0.0235. The standard InChI is InChI=1S/C31H27ClN2/c1-22-18-19-29(23-10-4-2-5-11-23)33-31(24-12-6-3-7-13-24)34-30(22)27-16-8-14-25(20-27)26-15-9-17-28(32)21-26/h2-17,20-22,30H,18-19H2,1H3/b33-29+,34-31-. The van der Waals surface area contributed by atoms with Gasteiger partial charge in [-0.3, -0.25) is 4.99 Å². The molecule has 1 aliphatic heterocycles. The zero-order chi connectivity index (χ0) is 23.3. The highest BCUT2D eigenvalue weighted by molar-refractivity contribution is 6.30. The lowest BCUT2D eigenvalue weighted by atomic mass is 9.87. The SMILES string of the molecule is CC1CC/C(c2ccccc2)=N\C(c2ccccc2)=N/C1c1cccc(-c2cccc(Cl)c2)c1. The van der Waals surface area contributed by atoms with E-state index in [0.717, 1.165) is 46.1 Å². The van der Waals surface area contributed by atoms with E-state index in [-0.39, 0.29) is 6.04 Å². The first-order chi connectivity index (χ1) is 16.7. The van der Waals surface area contributed by atoms with Crippen LogP contribution in [0.4, 0.5) is 0 Å². The van der Waals surface area contributed by atoms with E-state index < -0.39 is 0 Å². The number of hydrogen-bond donors (Lipinski definition) is 0. The van der Waals surface area contributed by atoms with E-state index in [1.807, 2.05) is 42.5 Å². The molecule has 1 aliphatic rings. The van der Waals surface area contributed by atoms with Gasteiger partial charge < -0.3 is 0 Å². The zero-order valence-electron chi connectivity index (χ0n) is 19.2. The number of halogens is 1. The summed E-state index contributed by atoms with van der Waals surface area (Å²) in [5, 5.41) is 0.745. The first kappa shape index (κ1) is 22.3. The van der Waals surface area contributed by atoms with Crippen LogP contribution in [0.25, 0.3) is 11.1 Å². The molecule has 168 valence electrons. The third kappa shape index (κ3) is 5.03. The third-order valence-corrected chi connectivity index (χ3v) is 6.64. The van der Waals surface area contributed by atoms with Crippen molar-refractivity contribution in [2.24, 2.45) is 15.9 Å². The highest BCUT2D eigenvalue weighted by atomic mass is 35.5. The summed E-state index contributed by atoms with van der Waals surface area (Å²) in [6, 6.07) is 37.5. The summed E-state index contributed by atoms with van der Waals surface area (Å²) in [5.41, 5.74) is 6.78. The number of aliphatic imine (C=N–C) groups is 2. The molecule has 0 bridgehead atoms. The number of hydrogen-bond acceptors (Lipinski definition) is 2. The molecular weight excluding hydrogens is 436 g/mol. The van der Waals surface area contributed by atoms with Crippen molar-refractivity contribution in [3.8, 4) is 11.1 Å². The Kier molecular flexibility index (Phi) is 6.69. The van der Waals surface area contributed by atoms with Crippen molar-refractivity contribution in [3.63, 3.8) is 0 Å². The smallest absolute Gasteiger partial charge is 0.155 e. The lowest BCUT2D eigenvalue weighted by molar-refractivity contribution is 0.446. The van der Waals surface area contributed by atoms with Gasteiger partial charge in [0.15, 0.2) is 5.84 Å². The van der Waals surface area contributed by atoms with Gasteiger partial charge in [0.2, 0.25) is 0 Å². The van der Waals surface area contributed by atoms with E-state index in [2.05, 4.69) is 73.7 Å². The Labute approximate surface area is 206 Å². The van der Waals surface area contributed by atoms with E-state index in [0.29, 0.717) is 5.92 Å². The van der Waals surface area contributed by atoms with Crippen molar-refractivity contribution in [2.45, 2.75) is 25.8 Å². The average molecular weight is 463 g/mol. The van der Waals surface area contributed by atoms with E-state index in [1.165, 1.54) is 11.1 Å². The molecule has 0 aliphatic carbocycles. The van der Waals surface area contributed by atoms with Gasteiger partial charge in [0.25, 0.3) is 0 Å². The maximum Gasteiger partial charge on any atom is 0.155 e. The molecule has 4 aromatic rings. The molecule has 0 saturated carbocycles. The molecule has 0 radical (unpaired) electrons.